The Labute approximate surface area is 197 Å². The summed E-state index contributed by atoms with van der Waals surface area (Å²) in [5, 5.41) is 0. The van der Waals surface area contributed by atoms with E-state index in [4.69, 9.17) is 18.9 Å². The largest absolute Gasteiger partial charge is 0.494 e. The molecule has 0 aliphatic rings. The van der Waals surface area contributed by atoms with E-state index in [-0.39, 0.29) is 24.2 Å². The van der Waals surface area contributed by atoms with Crippen LogP contribution in [0.15, 0.2) is 42.5 Å². The Hall–Kier alpha value is -4.08. The smallest absolute Gasteiger partial charge is 0.306 e. The molecule has 0 fully saturated rings. The van der Waals surface area contributed by atoms with Crippen LogP contribution in [0.3, 0.4) is 0 Å². The van der Waals surface area contributed by atoms with Gasteiger partial charge in [-0.05, 0) is 48.9 Å². The summed E-state index contributed by atoms with van der Waals surface area (Å²) in [6.45, 7) is 1.98. The predicted octanol–water partition coefficient (Wildman–Crippen LogP) is 2.46. The molecule has 2 aromatic carbocycles. The van der Waals surface area contributed by atoms with E-state index in [1.165, 1.54) is 26.4 Å². The van der Waals surface area contributed by atoms with E-state index in [1.807, 2.05) is 6.92 Å². The van der Waals surface area contributed by atoms with E-state index in [0.29, 0.717) is 29.4 Å². The van der Waals surface area contributed by atoms with E-state index in [2.05, 4.69) is 10.9 Å². The molecule has 10 nitrogen and oxygen atoms in total. The lowest BCUT2D eigenvalue weighted by Crippen LogP contribution is -2.43. The zero-order valence-corrected chi connectivity index (χ0v) is 19.3. The number of nitrogens with one attached hydrogen (secondary N) is 2. The topological polar surface area (TPSA) is 129 Å². The highest BCUT2D eigenvalue weighted by molar-refractivity contribution is 5.98. The van der Waals surface area contributed by atoms with Gasteiger partial charge in [-0.3, -0.25) is 30.0 Å². The molecule has 0 aliphatic heterocycles. The molecule has 10 heteroatoms. The molecule has 0 bridgehead atoms. The molecule has 0 spiro atoms. The molecule has 0 heterocycles. The Kier molecular flexibility index (Phi) is 10.4. The van der Waals surface area contributed by atoms with Crippen LogP contribution < -0.4 is 25.1 Å². The Bertz CT molecular complexity index is 1000. The van der Waals surface area contributed by atoms with Gasteiger partial charge in [0.05, 0.1) is 27.2 Å². The fourth-order valence-corrected chi connectivity index (χ4v) is 2.75. The van der Waals surface area contributed by atoms with Crippen molar-refractivity contribution in [2.75, 3.05) is 27.4 Å². The molecule has 2 rings (SSSR count). The molecule has 0 atom stereocenters. The van der Waals surface area contributed by atoms with Crippen molar-refractivity contribution in [3.05, 3.63) is 53.6 Å². The second-order valence-electron chi connectivity index (χ2n) is 7.03. The lowest BCUT2D eigenvalue weighted by atomic mass is 10.1. The minimum Gasteiger partial charge on any atom is -0.494 e. The van der Waals surface area contributed by atoms with Gasteiger partial charge in [0, 0.05) is 17.5 Å². The van der Waals surface area contributed by atoms with Gasteiger partial charge in [0.1, 0.15) is 5.75 Å². The summed E-state index contributed by atoms with van der Waals surface area (Å²) < 4.78 is 20.5. The number of rotatable bonds is 12. The monoisotopic (exact) mass is 472 g/mol. The molecule has 2 N–H and O–H groups in total. The predicted molar refractivity (Wildman–Crippen MR) is 122 cm³/mol. The van der Waals surface area contributed by atoms with Gasteiger partial charge in [0.25, 0.3) is 11.8 Å². The van der Waals surface area contributed by atoms with E-state index < -0.39 is 24.4 Å². The first-order chi connectivity index (χ1) is 16.4. The minimum absolute atomic E-state index is 0.0638. The third-order valence-electron chi connectivity index (χ3n) is 4.53. The lowest BCUT2D eigenvalue weighted by molar-refractivity contribution is -0.148. The van der Waals surface area contributed by atoms with E-state index >= 15 is 0 Å². The molecule has 0 radical (unpaired) electrons. The van der Waals surface area contributed by atoms with Crippen LogP contribution in [0.4, 0.5) is 0 Å². The standard InChI is InChI=1S/C24H28N2O8/c1-4-13-33-18-8-5-16(6-9-18)19(27)10-12-23(29)34-15-22(28)25-26-24(30)17-7-11-20(31-2)21(14-17)32-3/h5-9,11,14H,4,10,12-13,15H2,1-3H3,(H,25,28)(H,26,30). The molecule has 0 unspecified atom stereocenters. The highest BCUT2D eigenvalue weighted by Gasteiger charge is 2.14. The number of hydrogen-bond donors (Lipinski definition) is 2. The van der Waals surface area contributed by atoms with Crippen molar-refractivity contribution in [3.63, 3.8) is 0 Å². The van der Waals surface area contributed by atoms with Gasteiger partial charge < -0.3 is 18.9 Å². The van der Waals surface area contributed by atoms with Crippen LogP contribution >= 0.6 is 0 Å². The summed E-state index contributed by atoms with van der Waals surface area (Å²) >= 11 is 0. The van der Waals surface area contributed by atoms with Crippen molar-refractivity contribution in [2.24, 2.45) is 0 Å². The maximum Gasteiger partial charge on any atom is 0.306 e. The zero-order valence-electron chi connectivity index (χ0n) is 19.3. The number of methoxy groups -OCH3 is 2. The highest BCUT2D eigenvalue weighted by Crippen LogP contribution is 2.27. The first kappa shape index (κ1) is 26.2. The number of carbonyl (C=O) groups excluding carboxylic acids is 4. The van der Waals surface area contributed by atoms with Crippen LogP contribution in [-0.4, -0.2) is 51.0 Å². The Balaban J connectivity index is 1.71. The summed E-state index contributed by atoms with van der Waals surface area (Å²) in [4.78, 5) is 48.1. The van der Waals surface area contributed by atoms with Crippen LogP contribution in [-0.2, 0) is 14.3 Å². The molecule has 2 aromatic rings. The number of carbonyl (C=O) groups is 4. The Morgan fingerprint density at radius 2 is 1.50 bits per heavy atom. The van der Waals surface area contributed by atoms with Crippen molar-refractivity contribution < 1.29 is 38.1 Å². The van der Waals surface area contributed by atoms with Crippen LogP contribution in [0.5, 0.6) is 17.2 Å². The summed E-state index contributed by atoms with van der Waals surface area (Å²) in [5.74, 6) is -0.809. The quantitative estimate of drug-likeness (QED) is 0.274. The Morgan fingerprint density at radius 3 is 2.15 bits per heavy atom. The van der Waals surface area contributed by atoms with Crippen LogP contribution in [0.1, 0.15) is 46.9 Å². The average Bonchev–Trinajstić information content (AvgIpc) is 2.87. The number of benzene rings is 2. The molecule has 0 aliphatic carbocycles. The summed E-state index contributed by atoms with van der Waals surface area (Å²) in [6, 6.07) is 11.1. The molecule has 0 saturated carbocycles. The number of ketones is 1. The third-order valence-corrected chi connectivity index (χ3v) is 4.53. The summed E-state index contributed by atoms with van der Waals surface area (Å²) in [7, 11) is 2.90. The second kappa shape index (κ2) is 13.5. The fourth-order valence-electron chi connectivity index (χ4n) is 2.75. The molecule has 0 aromatic heterocycles. The number of Topliss-reactive ketones (excluding diaryl/α,β-unsaturated/α-hetero) is 1. The molecular weight excluding hydrogens is 444 g/mol. The van der Waals surface area contributed by atoms with Gasteiger partial charge in [-0.25, -0.2) is 0 Å². The number of esters is 1. The van der Waals surface area contributed by atoms with Gasteiger partial charge in [0.15, 0.2) is 23.9 Å². The second-order valence-corrected chi connectivity index (χ2v) is 7.03. The fraction of sp³-hybridized carbons (Fsp3) is 0.333. The van der Waals surface area contributed by atoms with Crippen LogP contribution in [0, 0.1) is 0 Å². The normalized spacial score (nSPS) is 10.1. The third kappa shape index (κ3) is 8.12. The number of hydrazine groups is 1. The lowest BCUT2D eigenvalue weighted by Gasteiger charge is -2.11. The first-order valence-electron chi connectivity index (χ1n) is 10.6. The van der Waals surface area contributed by atoms with E-state index in [9.17, 15) is 19.2 Å². The van der Waals surface area contributed by atoms with Gasteiger partial charge in [-0.15, -0.1) is 0 Å². The van der Waals surface area contributed by atoms with Gasteiger partial charge >= 0.3 is 5.97 Å². The average molecular weight is 472 g/mol. The van der Waals surface area contributed by atoms with Gasteiger partial charge in [-0.1, -0.05) is 6.92 Å². The maximum absolute atomic E-state index is 12.2. The Morgan fingerprint density at radius 1 is 0.824 bits per heavy atom. The molecule has 182 valence electrons. The molecule has 2 amide bonds. The van der Waals surface area contributed by atoms with Crippen molar-refractivity contribution >= 4 is 23.6 Å². The molecule has 0 saturated heterocycles. The molecule has 34 heavy (non-hydrogen) atoms. The van der Waals surface area contributed by atoms with E-state index in [0.717, 1.165) is 6.42 Å². The van der Waals surface area contributed by atoms with Crippen LogP contribution in [0.25, 0.3) is 0 Å². The number of ether oxygens (including phenoxy) is 4. The van der Waals surface area contributed by atoms with Gasteiger partial charge in [-0.2, -0.15) is 0 Å². The van der Waals surface area contributed by atoms with Crippen LogP contribution in [0.2, 0.25) is 0 Å². The SMILES string of the molecule is CCCOc1ccc(C(=O)CCC(=O)OCC(=O)NNC(=O)c2ccc(OC)c(OC)c2)cc1. The number of hydrogen-bond acceptors (Lipinski definition) is 8. The maximum atomic E-state index is 12.2. The number of amides is 2. The van der Waals surface area contributed by atoms with Crippen molar-refractivity contribution in [1.29, 1.82) is 0 Å². The summed E-state index contributed by atoms with van der Waals surface area (Å²) in [5.41, 5.74) is 5.03. The first-order valence-corrected chi connectivity index (χ1v) is 10.6. The summed E-state index contributed by atoms with van der Waals surface area (Å²) in [6.07, 6.45) is 0.634. The minimum atomic E-state index is -0.740. The molecular formula is C24H28N2O8. The van der Waals surface area contributed by atoms with E-state index in [1.54, 1.807) is 30.3 Å². The zero-order chi connectivity index (χ0) is 24.9. The van der Waals surface area contributed by atoms with Gasteiger partial charge in [0.2, 0.25) is 0 Å². The highest BCUT2D eigenvalue weighted by atomic mass is 16.5. The van der Waals surface area contributed by atoms with Crippen molar-refractivity contribution in [1.82, 2.24) is 10.9 Å². The van der Waals surface area contributed by atoms with Crippen molar-refractivity contribution in [3.8, 4) is 17.2 Å². The van der Waals surface area contributed by atoms with Crippen molar-refractivity contribution in [2.45, 2.75) is 26.2 Å².